The topological polar surface area (TPSA) is 90.6 Å². The predicted octanol–water partition coefficient (Wildman–Crippen LogP) is 2.18. The van der Waals surface area contributed by atoms with Gasteiger partial charge in [0.05, 0.1) is 7.11 Å². The van der Waals surface area contributed by atoms with E-state index in [1.54, 1.807) is 45.0 Å². The molecule has 0 saturated heterocycles. The van der Waals surface area contributed by atoms with Gasteiger partial charge in [-0.2, -0.15) is 0 Å². The monoisotopic (exact) mass is 294 g/mol. The molecule has 1 amide bonds. The Balaban J connectivity index is 3.11. The highest BCUT2D eigenvalue weighted by Gasteiger charge is 2.39. The van der Waals surface area contributed by atoms with Crippen LogP contribution < -0.4 is 11.1 Å². The van der Waals surface area contributed by atoms with E-state index < -0.39 is 23.2 Å². The lowest BCUT2D eigenvalue weighted by molar-refractivity contribution is -0.148. The number of methoxy groups -OCH3 is 1. The Morgan fingerprint density at radius 1 is 1.19 bits per heavy atom. The Bertz CT molecular complexity index is 537. The second-order valence-corrected chi connectivity index (χ2v) is 5.87. The lowest BCUT2D eigenvalue weighted by Gasteiger charge is -2.30. The summed E-state index contributed by atoms with van der Waals surface area (Å²) in [7, 11) is 1.25. The van der Waals surface area contributed by atoms with E-state index in [0.717, 1.165) is 0 Å². The molecule has 1 atom stereocenters. The smallest absolute Gasteiger partial charge is 0.408 e. The zero-order chi connectivity index (χ0) is 16.3. The van der Waals surface area contributed by atoms with Crippen LogP contribution in [0.5, 0.6) is 0 Å². The Morgan fingerprint density at radius 2 is 1.81 bits per heavy atom. The van der Waals surface area contributed by atoms with Crippen molar-refractivity contribution >= 4 is 17.7 Å². The van der Waals surface area contributed by atoms with Crippen LogP contribution in [-0.2, 0) is 19.8 Å². The summed E-state index contributed by atoms with van der Waals surface area (Å²) in [5, 5.41) is 2.55. The summed E-state index contributed by atoms with van der Waals surface area (Å²) in [6.45, 7) is 6.76. The first-order valence-electron chi connectivity index (χ1n) is 6.54. The number of hydrogen-bond donors (Lipinski definition) is 2. The molecule has 1 unspecified atom stereocenters. The minimum absolute atomic E-state index is 0.480. The molecule has 21 heavy (non-hydrogen) atoms. The summed E-state index contributed by atoms with van der Waals surface area (Å²) in [6.07, 6.45) is -0.710. The molecule has 6 nitrogen and oxygen atoms in total. The third kappa shape index (κ3) is 4.37. The molecule has 3 N–H and O–H groups in total. The lowest BCUT2D eigenvalue weighted by atomic mass is 9.92. The van der Waals surface area contributed by atoms with Gasteiger partial charge in [0.25, 0.3) is 0 Å². The minimum atomic E-state index is -1.38. The Hall–Kier alpha value is -2.24. The fourth-order valence-electron chi connectivity index (χ4n) is 1.80. The van der Waals surface area contributed by atoms with Crippen LogP contribution in [0.1, 0.15) is 33.3 Å². The highest BCUT2D eigenvalue weighted by molar-refractivity contribution is 5.87. The maximum Gasteiger partial charge on any atom is 0.408 e. The molecule has 1 rings (SSSR count). The number of rotatable bonds is 3. The standard InChI is InChI=1S/C15H22N2O4/c1-14(2,3)21-13(19)17-15(4,12(18)20-5)10-7-6-8-11(16)9-10/h6-9H,16H2,1-5H3,(H,17,19). The molecule has 0 spiro atoms. The summed E-state index contributed by atoms with van der Waals surface area (Å²) < 4.78 is 9.98. The molecule has 0 fully saturated rings. The van der Waals surface area contributed by atoms with Crippen LogP contribution in [0.15, 0.2) is 24.3 Å². The van der Waals surface area contributed by atoms with Crippen molar-refractivity contribution in [2.24, 2.45) is 0 Å². The van der Waals surface area contributed by atoms with Gasteiger partial charge in [-0.3, -0.25) is 0 Å². The van der Waals surface area contributed by atoms with Crippen molar-refractivity contribution < 1.29 is 19.1 Å². The molecule has 116 valence electrons. The second kappa shape index (κ2) is 6.03. The molecule has 0 heterocycles. The maximum atomic E-state index is 12.1. The molecule has 1 aromatic rings. The van der Waals surface area contributed by atoms with Crippen molar-refractivity contribution in [2.45, 2.75) is 38.8 Å². The molecule has 0 aliphatic heterocycles. The van der Waals surface area contributed by atoms with Gasteiger partial charge in [0.2, 0.25) is 0 Å². The third-order valence-corrected chi connectivity index (χ3v) is 2.81. The molecule has 1 aromatic carbocycles. The number of anilines is 1. The fourth-order valence-corrected chi connectivity index (χ4v) is 1.80. The van der Waals surface area contributed by atoms with Crippen molar-refractivity contribution in [3.63, 3.8) is 0 Å². The molecule has 6 heteroatoms. The maximum absolute atomic E-state index is 12.1. The lowest BCUT2D eigenvalue weighted by Crippen LogP contribution is -2.51. The first-order chi connectivity index (χ1) is 9.58. The van der Waals surface area contributed by atoms with Crippen molar-refractivity contribution in [2.75, 3.05) is 12.8 Å². The number of carbonyl (C=O) groups excluding carboxylic acids is 2. The van der Waals surface area contributed by atoms with E-state index in [-0.39, 0.29) is 0 Å². The molecular formula is C15H22N2O4. The summed E-state index contributed by atoms with van der Waals surface area (Å²) in [4.78, 5) is 24.1. The van der Waals surface area contributed by atoms with Gasteiger partial charge < -0.3 is 20.5 Å². The Labute approximate surface area is 124 Å². The van der Waals surface area contributed by atoms with Crippen LogP contribution in [-0.4, -0.2) is 24.8 Å². The van der Waals surface area contributed by atoms with E-state index in [1.807, 2.05) is 0 Å². The van der Waals surface area contributed by atoms with Crippen molar-refractivity contribution in [1.82, 2.24) is 5.32 Å². The zero-order valence-corrected chi connectivity index (χ0v) is 13.0. The number of nitrogen functional groups attached to an aromatic ring is 1. The average molecular weight is 294 g/mol. The van der Waals surface area contributed by atoms with Gasteiger partial charge in [-0.1, -0.05) is 12.1 Å². The van der Waals surface area contributed by atoms with Gasteiger partial charge in [0.15, 0.2) is 5.54 Å². The summed E-state index contributed by atoms with van der Waals surface area (Å²) in [6, 6.07) is 6.68. The number of hydrogen-bond acceptors (Lipinski definition) is 5. The number of esters is 1. The molecule has 0 aliphatic rings. The molecule has 0 aliphatic carbocycles. The molecule has 0 aromatic heterocycles. The highest BCUT2D eigenvalue weighted by atomic mass is 16.6. The predicted molar refractivity (Wildman–Crippen MR) is 79.6 cm³/mol. The normalized spacial score (nSPS) is 14.0. The quantitative estimate of drug-likeness (QED) is 0.658. The van der Waals surface area contributed by atoms with Gasteiger partial charge in [0, 0.05) is 5.69 Å². The minimum Gasteiger partial charge on any atom is -0.467 e. The van der Waals surface area contributed by atoms with E-state index in [1.165, 1.54) is 14.0 Å². The van der Waals surface area contributed by atoms with Gasteiger partial charge in [-0.25, -0.2) is 9.59 Å². The van der Waals surface area contributed by atoms with E-state index in [0.29, 0.717) is 11.3 Å². The Morgan fingerprint density at radius 3 is 2.29 bits per heavy atom. The van der Waals surface area contributed by atoms with Crippen LogP contribution in [0.4, 0.5) is 10.5 Å². The fraction of sp³-hybridized carbons (Fsp3) is 0.467. The number of carbonyl (C=O) groups is 2. The second-order valence-electron chi connectivity index (χ2n) is 5.87. The van der Waals surface area contributed by atoms with Crippen LogP contribution in [0.3, 0.4) is 0 Å². The van der Waals surface area contributed by atoms with Gasteiger partial charge >= 0.3 is 12.1 Å². The molecule has 0 bridgehead atoms. The summed E-state index contributed by atoms with van der Waals surface area (Å²) >= 11 is 0. The van der Waals surface area contributed by atoms with Crippen LogP contribution >= 0.6 is 0 Å². The van der Waals surface area contributed by atoms with E-state index in [9.17, 15) is 9.59 Å². The van der Waals surface area contributed by atoms with Crippen LogP contribution in [0, 0.1) is 0 Å². The molecule has 0 radical (unpaired) electrons. The summed E-state index contributed by atoms with van der Waals surface area (Å²) in [5.41, 5.74) is 4.68. The first kappa shape index (κ1) is 16.8. The number of nitrogens with two attached hydrogens (primary N) is 1. The zero-order valence-electron chi connectivity index (χ0n) is 13.0. The first-order valence-corrected chi connectivity index (χ1v) is 6.54. The highest BCUT2D eigenvalue weighted by Crippen LogP contribution is 2.25. The van der Waals surface area contributed by atoms with E-state index in [4.69, 9.17) is 15.2 Å². The van der Waals surface area contributed by atoms with Gasteiger partial charge in [0.1, 0.15) is 5.60 Å². The number of ether oxygens (including phenoxy) is 2. The third-order valence-electron chi connectivity index (χ3n) is 2.81. The van der Waals surface area contributed by atoms with Crippen molar-refractivity contribution in [3.8, 4) is 0 Å². The largest absolute Gasteiger partial charge is 0.467 e. The Kier molecular flexibility index (Phi) is 4.83. The van der Waals surface area contributed by atoms with E-state index >= 15 is 0 Å². The molecule has 0 saturated carbocycles. The van der Waals surface area contributed by atoms with Crippen LogP contribution in [0.25, 0.3) is 0 Å². The number of nitrogens with one attached hydrogen (secondary N) is 1. The average Bonchev–Trinajstić information content (AvgIpc) is 2.35. The van der Waals surface area contributed by atoms with Gasteiger partial charge in [-0.05, 0) is 45.4 Å². The van der Waals surface area contributed by atoms with Gasteiger partial charge in [-0.15, -0.1) is 0 Å². The number of benzene rings is 1. The SMILES string of the molecule is COC(=O)C(C)(NC(=O)OC(C)(C)C)c1cccc(N)c1. The van der Waals surface area contributed by atoms with Crippen molar-refractivity contribution in [1.29, 1.82) is 0 Å². The van der Waals surface area contributed by atoms with E-state index in [2.05, 4.69) is 5.32 Å². The van der Waals surface area contributed by atoms with Crippen LogP contribution in [0.2, 0.25) is 0 Å². The summed E-state index contributed by atoms with van der Waals surface area (Å²) in [5.74, 6) is -0.612. The number of alkyl carbamates (subject to hydrolysis) is 1. The van der Waals surface area contributed by atoms with Crippen molar-refractivity contribution in [3.05, 3.63) is 29.8 Å². The number of amides is 1. The molecular weight excluding hydrogens is 272 g/mol.